The number of aromatic nitrogens is 1. The minimum atomic E-state index is 0.00130. The normalized spacial score (nSPS) is 14.9. The third kappa shape index (κ3) is 2.51. The number of ether oxygens (including phenoxy) is 2. The predicted octanol–water partition coefficient (Wildman–Crippen LogP) is 2.92. The minimum absolute atomic E-state index is 0.00130. The van der Waals surface area contributed by atoms with E-state index in [4.69, 9.17) is 9.47 Å². The number of fused-ring (bicyclic) bond motifs is 1. The summed E-state index contributed by atoms with van der Waals surface area (Å²) in [6.07, 6.45) is 1.79. The molecule has 1 aromatic carbocycles. The topological polar surface area (TPSA) is 43.4 Å². The molecule has 0 fully saturated rings. The van der Waals surface area contributed by atoms with Crippen molar-refractivity contribution in [3.8, 4) is 11.5 Å². The van der Waals surface area contributed by atoms with Crippen LogP contribution in [0.15, 0.2) is 41.0 Å². The van der Waals surface area contributed by atoms with Crippen molar-refractivity contribution in [1.29, 1.82) is 0 Å². The van der Waals surface area contributed by atoms with E-state index in [9.17, 15) is 0 Å². The van der Waals surface area contributed by atoms with Gasteiger partial charge in [0.2, 0.25) is 0 Å². The summed E-state index contributed by atoms with van der Waals surface area (Å²) in [5.74, 6) is 1.59. The zero-order valence-corrected chi connectivity index (χ0v) is 12.7. The predicted molar refractivity (Wildman–Crippen MR) is 80.3 cm³/mol. The summed E-state index contributed by atoms with van der Waals surface area (Å²) in [6.45, 7) is 1.20. The number of halogens is 1. The molecule has 20 heavy (non-hydrogen) atoms. The second-order valence-corrected chi connectivity index (χ2v) is 5.35. The molecule has 0 amide bonds. The van der Waals surface area contributed by atoms with E-state index in [0.29, 0.717) is 13.2 Å². The van der Waals surface area contributed by atoms with Crippen LogP contribution in [0.2, 0.25) is 0 Å². The van der Waals surface area contributed by atoms with Crippen molar-refractivity contribution >= 4 is 15.9 Å². The summed E-state index contributed by atoms with van der Waals surface area (Å²) >= 11 is 3.55. The summed E-state index contributed by atoms with van der Waals surface area (Å²) in [6, 6.07) is 9.90. The Bertz CT molecular complexity index is 619. The maximum Gasteiger partial charge on any atom is 0.161 e. The zero-order valence-electron chi connectivity index (χ0n) is 11.1. The van der Waals surface area contributed by atoms with Crippen LogP contribution in [0, 0.1) is 0 Å². The third-order valence-corrected chi connectivity index (χ3v) is 3.92. The molecule has 1 N–H and O–H groups in total. The van der Waals surface area contributed by atoms with Crippen LogP contribution >= 0.6 is 15.9 Å². The van der Waals surface area contributed by atoms with Gasteiger partial charge >= 0.3 is 0 Å². The zero-order chi connectivity index (χ0) is 13.9. The lowest BCUT2D eigenvalue weighted by atomic mass is 10.0. The molecule has 0 aliphatic carbocycles. The minimum Gasteiger partial charge on any atom is -0.486 e. The van der Waals surface area contributed by atoms with Gasteiger partial charge in [0.05, 0.1) is 11.7 Å². The average molecular weight is 335 g/mol. The van der Waals surface area contributed by atoms with E-state index < -0.39 is 0 Å². The standard InChI is InChI=1S/C15H15BrN2O2/c1-17-14(15-11(16)3-2-6-18-15)10-4-5-12-13(9-10)20-8-7-19-12/h2-6,9,14,17H,7-8H2,1H3. The number of nitrogens with one attached hydrogen (secondary N) is 1. The van der Waals surface area contributed by atoms with Crippen LogP contribution in [0.4, 0.5) is 0 Å². The van der Waals surface area contributed by atoms with Gasteiger partial charge in [0, 0.05) is 10.7 Å². The Hall–Kier alpha value is -1.59. The maximum atomic E-state index is 5.64. The van der Waals surface area contributed by atoms with Gasteiger partial charge in [-0.15, -0.1) is 0 Å². The van der Waals surface area contributed by atoms with Crippen LogP contribution in [0.3, 0.4) is 0 Å². The number of rotatable bonds is 3. The number of benzene rings is 1. The molecular formula is C15H15BrN2O2. The molecule has 0 saturated heterocycles. The summed E-state index contributed by atoms with van der Waals surface area (Å²) in [7, 11) is 1.92. The summed E-state index contributed by atoms with van der Waals surface area (Å²) in [4.78, 5) is 4.46. The molecule has 3 rings (SSSR count). The molecule has 0 radical (unpaired) electrons. The summed E-state index contributed by atoms with van der Waals surface area (Å²) < 4.78 is 12.2. The van der Waals surface area contributed by atoms with Crippen LogP contribution in [0.25, 0.3) is 0 Å². The van der Waals surface area contributed by atoms with Gasteiger partial charge in [-0.05, 0) is 52.8 Å². The maximum absolute atomic E-state index is 5.64. The highest BCUT2D eigenvalue weighted by molar-refractivity contribution is 9.10. The fourth-order valence-corrected chi connectivity index (χ4v) is 2.79. The van der Waals surface area contributed by atoms with Crippen molar-refractivity contribution in [3.63, 3.8) is 0 Å². The second kappa shape index (κ2) is 5.81. The molecular weight excluding hydrogens is 320 g/mol. The quantitative estimate of drug-likeness (QED) is 0.937. The van der Waals surface area contributed by atoms with Gasteiger partial charge in [-0.2, -0.15) is 0 Å². The Morgan fingerprint density at radius 2 is 2.00 bits per heavy atom. The van der Waals surface area contributed by atoms with Crippen molar-refractivity contribution in [1.82, 2.24) is 10.3 Å². The van der Waals surface area contributed by atoms with Crippen LogP contribution in [0.5, 0.6) is 11.5 Å². The first-order valence-electron chi connectivity index (χ1n) is 6.47. The van der Waals surface area contributed by atoms with Crippen LogP contribution < -0.4 is 14.8 Å². The average Bonchev–Trinajstić information content (AvgIpc) is 2.50. The number of hydrogen-bond acceptors (Lipinski definition) is 4. The summed E-state index contributed by atoms with van der Waals surface area (Å²) in [5.41, 5.74) is 2.04. The van der Waals surface area contributed by atoms with Gasteiger partial charge in [-0.25, -0.2) is 0 Å². The lowest BCUT2D eigenvalue weighted by Gasteiger charge is -2.22. The highest BCUT2D eigenvalue weighted by Gasteiger charge is 2.19. The smallest absolute Gasteiger partial charge is 0.161 e. The first-order chi connectivity index (χ1) is 9.79. The van der Waals surface area contributed by atoms with Crippen LogP contribution in [-0.2, 0) is 0 Å². The molecule has 0 saturated carbocycles. The SMILES string of the molecule is CNC(c1ccc2c(c1)OCCO2)c1ncccc1Br. The van der Waals surface area contributed by atoms with Gasteiger partial charge < -0.3 is 14.8 Å². The van der Waals surface area contributed by atoms with Crippen LogP contribution in [-0.4, -0.2) is 25.2 Å². The molecule has 4 nitrogen and oxygen atoms in total. The van der Waals surface area contributed by atoms with E-state index in [1.165, 1.54) is 0 Å². The van der Waals surface area contributed by atoms with Crippen molar-refractivity contribution in [2.45, 2.75) is 6.04 Å². The van der Waals surface area contributed by atoms with E-state index >= 15 is 0 Å². The molecule has 0 bridgehead atoms. The Morgan fingerprint density at radius 3 is 2.75 bits per heavy atom. The largest absolute Gasteiger partial charge is 0.486 e. The van der Waals surface area contributed by atoms with Crippen molar-refractivity contribution in [2.24, 2.45) is 0 Å². The van der Waals surface area contributed by atoms with Crippen molar-refractivity contribution < 1.29 is 9.47 Å². The lowest BCUT2D eigenvalue weighted by molar-refractivity contribution is 0.171. The van der Waals surface area contributed by atoms with E-state index in [1.54, 1.807) is 6.20 Å². The lowest BCUT2D eigenvalue weighted by Crippen LogP contribution is -2.20. The second-order valence-electron chi connectivity index (χ2n) is 4.50. The monoisotopic (exact) mass is 334 g/mol. The molecule has 2 aromatic rings. The van der Waals surface area contributed by atoms with Gasteiger partial charge in [0.1, 0.15) is 13.2 Å². The van der Waals surface area contributed by atoms with Crippen LogP contribution in [0.1, 0.15) is 17.3 Å². The molecule has 1 atom stereocenters. The van der Waals surface area contributed by atoms with E-state index in [0.717, 1.165) is 27.2 Å². The van der Waals surface area contributed by atoms with Gasteiger partial charge in [0.15, 0.2) is 11.5 Å². The van der Waals surface area contributed by atoms with Crippen molar-refractivity contribution in [2.75, 3.05) is 20.3 Å². The molecule has 1 aromatic heterocycles. The van der Waals surface area contributed by atoms with Crippen molar-refractivity contribution in [3.05, 3.63) is 52.3 Å². The highest BCUT2D eigenvalue weighted by atomic mass is 79.9. The Balaban J connectivity index is 1.99. The highest BCUT2D eigenvalue weighted by Crippen LogP contribution is 2.35. The number of nitrogens with zero attached hydrogens (tertiary/aromatic N) is 1. The first-order valence-corrected chi connectivity index (χ1v) is 7.26. The molecule has 0 spiro atoms. The number of hydrogen-bond donors (Lipinski definition) is 1. The molecule has 1 aliphatic heterocycles. The first kappa shape index (κ1) is 13.4. The fourth-order valence-electron chi connectivity index (χ4n) is 2.31. The Labute approximate surface area is 126 Å². The summed E-state index contributed by atoms with van der Waals surface area (Å²) in [5, 5.41) is 3.29. The van der Waals surface area contributed by atoms with E-state index in [1.807, 2.05) is 37.4 Å². The van der Waals surface area contributed by atoms with E-state index in [-0.39, 0.29) is 6.04 Å². The molecule has 5 heteroatoms. The Kier molecular flexibility index (Phi) is 3.89. The molecule has 104 valence electrons. The third-order valence-electron chi connectivity index (χ3n) is 3.25. The van der Waals surface area contributed by atoms with E-state index in [2.05, 4.69) is 26.2 Å². The molecule has 1 aliphatic rings. The number of pyridine rings is 1. The molecule has 1 unspecified atom stereocenters. The van der Waals surface area contributed by atoms with Gasteiger partial charge in [-0.3, -0.25) is 4.98 Å². The van der Waals surface area contributed by atoms with Gasteiger partial charge in [0.25, 0.3) is 0 Å². The molecule has 2 heterocycles. The Morgan fingerprint density at radius 1 is 1.20 bits per heavy atom. The fraction of sp³-hybridized carbons (Fsp3) is 0.267. The van der Waals surface area contributed by atoms with Gasteiger partial charge in [-0.1, -0.05) is 6.07 Å².